The molecular formula is C19H20FNO3. The molecule has 2 rings (SSSR count). The first-order chi connectivity index (χ1) is 11.6. The molecule has 0 aliphatic rings. The number of nitrogens with one attached hydrogen (secondary N) is 1. The van der Waals surface area contributed by atoms with Crippen LogP contribution in [0.25, 0.3) is 6.08 Å². The van der Waals surface area contributed by atoms with E-state index in [2.05, 4.69) is 5.32 Å². The molecule has 5 heteroatoms. The molecule has 2 aromatic carbocycles. The fourth-order valence-corrected chi connectivity index (χ4v) is 2.16. The maximum absolute atomic E-state index is 13.5. The summed E-state index contributed by atoms with van der Waals surface area (Å²) in [5.41, 5.74) is 2.52. The van der Waals surface area contributed by atoms with E-state index >= 15 is 0 Å². The molecule has 1 amide bonds. The van der Waals surface area contributed by atoms with Crippen molar-refractivity contribution < 1.29 is 19.0 Å². The molecule has 2 N–H and O–H groups in total. The fraction of sp³-hybridized carbons (Fsp3) is 0.211. The van der Waals surface area contributed by atoms with Crippen LogP contribution in [0, 0.1) is 5.82 Å². The number of hydrogen-bond donors (Lipinski definition) is 2. The molecule has 24 heavy (non-hydrogen) atoms. The van der Waals surface area contributed by atoms with Crippen LogP contribution >= 0.6 is 0 Å². The molecule has 126 valence electrons. The molecule has 0 aromatic heterocycles. The molecule has 0 bridgehead atoms. The molecule has 0 aliphatic heterocycles. The third kappa shape index (κ3) is 5.21. The van der Waals surface area contributed by atoms with Crippen LogP contribution in [0.1, 0.15) is 16.7 Å². The van der Waals surface area contributed by atoms with Gasteiger partial charge < -0.3 is 15.2 Å². The number of amides is 1. The SMILES string of the molecule is COc1ccc(/C=C/C(=O)NCCc2ccc(CO)cc2)cc1F. The molecular weight excluding hydrogens is 309 g/mol. The van der Waals surface area contributed by atoms with Crippen molar-refractivity contribution in [3.63, 3.8) is 0 Å². The monoisotopic (exact) mass is 329 g/mol. The Hall–Kier alpha value is -2.66. The van der Waals surface area contributed by atoms with Crippen molar-refractivity contribution in [1.29, 1.82) is 0 Å². The van der Waals surface area contributed by atoms with Gasteiger partial charge in [-0.05, 0) is 41.3 Å². The summed E-state index contributed by atoms with van der Waals surface area (Å²) in [4.78, 5) is 11.8. The van der Waals surface area contributed by atoms with Gasteiger partial charge in [0.25, 0.3) is 0 Å². The number of carbonyl (C=O) groups is 1. The lowest BCUT2D eigenvalue weighted by atomic mass is 10.1. The van der Waals surface area contributed by atoms with Crippen LogP contribution in [0.15, 0.2) is 48.5 Å². The molecule has 0 radical (unpaired) electrons. The third-order valence-electron chi connectivity index (χ3n) is 3.52. The Labute approximate surface area is 140 Å². The Kier molecular flexibility index (Phi) is 6.51. The average molecular weight is 329 g/mol. The number of aliphatic hydroxyl groups is 1. The van der Waals surface area contributed by atoms with E-state index in [9.17, 15) is 9.18 Å². The van der Waals surface area contributed by atoms with E-state index in [0.717, 1.165) is 11.1 Å². The standard InChI is InChI=1S/C19H20FNO3/c1-24-18-8-6-15(12-17(18)20)7-9-19(23)21-11-10-14-2-4-16(13-22)5-3-14/h2-9,12,22H,10-11,13H2,1H3,(H,21,23)/b9-7+. The van der Waals surface area contributed by atoms with Crippen LogP contribution in [0.5, 0.6) is 5.75 Å². The highest BCUT2D eigenvalue weighted by atomic mass is 19.1. The summed E-state index contributed by atoms with van der Waals surface area (Å²) in [5, 5.41) is 11.8. The van der Waals surface area contributed by atoms with Crippen molar-refractivity contribution >= 4 is 12.0 Å². The van der Waals surface area contributed by atoms with Crippen LogP contribution in [-0.2, 0) is 17.8 Å². The van der Waals surface area contributed by atoms with Gasteiger partial charge >= 0.3 is 0 Å². The number of benzene rings is 2. The summed E-state index contributed by atoms with van der Waals surface area (Å²) in [6, 6.07) is 12.1. The van der Waals surface area contributed by atoms with Gasteiger partial charge in [-0.15, -0.1) is 0 Å². The molecule has 0 aliphatic carbocycles. The van der Waals surface area contributed by atoms with Gasteiger partial charge in [-0.1, -0.05) is 30.3 Å². The van der Waals surface area contributed by atoms with Gasteiger partial charge in [0.1, 0.15) is 0 Å². The minimum atomic E-state index is -0.466. The summed E-state index contributed by atoms with van der Waals surface area (Å²) in [6.07, 6.45) is 3.62. The van der Waals surface area contributed by atoms with Crippen LogP contribution in [0.3, 0.4) is 0 Å². The number of halogens is 1. The van der Waals surface area contributed by atoms with Gasteiger partial charge in [-0.2, -0.15) is 0 Å². The Morgan fingerprint density at radius 2 is 1.92 bits per heavy atom. The lowest BCUT2D eigenvalue weighted by molar-refractivity contribution is -0.116. The van der Waals surface area contributed by atoms with Gasteiger partial charge in [0.05, 0.1) is 13.7 Å². The molecule has 0 fully saturated rings. The van der Waals surface area contributed by atoms with Crippen molar-refractivity contribution in [1.82, 2.24) is 5.32 Å². The molecule has 0 unspecified atom stereocenters. The highest BCUT2D eigenvalue weighted by Gasteiger charge is 2.02. The Bertz CT molecular complexity index is 711. The van der Waals surface area contributed by atoms with E-state index in [0.29, 0.717) is 18.5 Å². The fourth-order valence-electron chi connectivity index (χ4n) is 2.16. The molecule has 0 heterocycles. The van der Waals surface area contributed by atoms with E-state index in [1.165, 1.54) is 25.3 Å². The second-order valence-electron chi connectivity index (χ2n) is 5.24. The normalized spacial score (nSPS) is 10.8. The van der Waals surface area contributed by atoms with E-state index in [4.69, 9.17) is 9.84 Å². The first-order valence-corrected chi connectivity index (χ1v) is 7.60. The lowest BCUT2D eigenvalue weighted by Crippen LogP contribution is -2.23. The zero-order chi connectivity index (χ0) is 17.4. The summed E-state index contributed by atoms with van der Waals surface area (Å²) in [7, 11) is 1.40. The van der Waals surface area contributed by atoms with Gasteiger partial charge in [-0.25, -0.2) is 4.39 Å². The van der Waals surface area contributed by atoms with E-state index < -0.39 is 5.82 Å². The predicted octanol–water partition coefficient (Wildman–Crippen LogP) is 2.70. The maximum Gasteiger partial charge on any atom is 0.244 e. The molecule has 4 nitrogen and oxygen atoms in total. The molecule has 0 atom stereocenters. The molecule has 0 spiro atoms. The van der Waals surface area contributed by atoms with Crippen molar-refractivity contribution in [2.24, 2.45) is 0 Å². The smallest absolute Gasteiger partial charge is 0.244 e. The van der Waals surface area contributed by atoms with E-state index in [1.807, 2.05) is 24.3 Å². The van der Waals surface area contributed by atoms with Crippen molar-refractivity contribution in [3.05, 3.63) is 71.0 Å². The van der Waals surface area contributed by atoms with Crippen LogP contribution in [0.4, 0.5) is 4.39 Å². The Balaban J connectivity index is 1.81. The first kappa shape index (κ1) is 17.7. The minimum absolute atomic E-state index is 0.0216. The average Bonchev–Trinajstić information content (AvgIpc) is 2.60. The highest BCUT2D eigenvalue weighted by Crippen LogP contribution is 2.18. The predicted molar refractivity (Wildman–Crippen MR) is 91.1 cm³/mol. The van der Waals surface area contributed by atoms with Gasteiger partial charge in [0.2, 0.25) is 5.91 Å². The van der Waals surface area contributed by atoms with Crippen molar-refractivity contribution in [3.8, 4) is 5.75 Å². The number of hydrogen-bond acceptors (Lipinski definition) is 3. The maximum atomic E-state index is 13.5. The number of rotatable bonds is 7. The van der Waals surface area contributed by atoms with Crippen molar-refractivity contribution in [2.75, 3.05) is 13.7 Å². The largest absolute Gasteiger partial charge is 0.494 e. The number of methoxy groups -OCH3 is 1. The highest BCUT2D eigenvalue weighted by molar-refractivity contribution is 5.91. The van der Waals surface area contributed by atoms with Gasteiger partial charge in [0, 0.05) is 12.6 Å². The van der Waals surface area contributed by atoms with Crippen LogP contribution in [0.2, 0.25) is 0 Å². The third-order valence-corrected chi connectivity index (χ3v) is 3.52. The summed E-state index contributed by atoms with van der Waals surface area (Å²) < 4.78 is 18.4. The molecule has 0 saturated carbocycles. The Morgan fingerprint density at radius 3 is 2.54 bits per heavy atom. The van der Waals surface area contributed by atoms with Crippen LogP contribution in [-0.4, -0.2) is 24.7 Å². The zero-order valence-corrected chi connectivity index (χ0v) is 13.5. The minimum Gasteiger partial charge on any atom is -0.494 e. The van der Waals surface area contributed by atoms with Crippen molar-refractivity contribution in [2.45, 2.75) is 13.0 Å². The quantitative estimate of drug-likeness (QED) is 0.768. The second-order valence-corrected chi connectivity index (χ2v) is 5.24. The summed E-state index contributed by atoms with van der Waals surface area (Å²) in [6.45, 7) is 0.520. The van der Waals surface area contributed by atoms with Crippen LogP contribution < -0.4 is 10.1 Å². The second kappa shape index (κ2) is 8.84. The van der Waals surface area contributed by atoms with Gasteiger partial charge in [0.15, 0.2) is 11.6 Å². The summed E-state index contributed by atoms with van der Waals surface area (Å²) in [5.74, 6) is -0.534. The number of aliphatic hydroxyl groups excluding tert-OH is 1. The van der Waals surface area contributed by atoms with E-state index in [-0.39, 0.29) is 18.3 Å². The Morgan fingerprint density at radius 1 is 1.21 bits per heavy atom. The topological polar surface area (TPSA) is 58.6 Å². The van der Waals surface area contributed by atoms with Gasteiger partial charge in [-0.3, -0.25) is 4.79 Å². The van der Waals surface area contributed by atoms with E-state index in [1.54, 1.807) is 12.1 Å². The lowest BCUT2D eigenvalue weighted by Gasteiger charge is -2.04. The number of ether oxygens (including phenoxy) is 1. The summed E-state index contributed by atoms with van der Waals surface area (Å²) >= 11 is 0. The zero-order valence-electron chi connectivity index (χ0n) is 13.5. The molecule has 0 saturated heterocycles. The molecule has 2 aromatic rings. The first-order valence-electron chi connectivity index (χ1n) is 7.60. The number of carbonyl (C=O) groups excluding carboxylic acids is 1.